The predicted molar refractivity (Wildman–Crippen MR) is 101 cm³/mol. The Balaban J connectivity index is 1.57. The first-order valence-electron chi connectivity index (χ1n) is 8.04. The standard InChI is InChI=1S/C17H15F3N4O2S2/c18-17(19,20)11-24(9-13-7-4-8-26-13)14(25)10-27-16-23-22-15(28-16)21-12-5-2-1-3-6-12/h1-8H,9-11H2,(H,21,22). The van der Waals surface area contributed by atoms with E-state index >= 15 is 0 Å². The molecule has 2 heterocycles. The Morgan fingerprint density at radius 3 is 2.64 bits per heavy atom. The summed E-state index contributed by atoms with van der Waals surface area (Å²) in [6, 6.07) is 12.4. The van der Waals surface area contributed by atoms with Gasteiger partial charge in [-0.1, -0.05) is 41.3 Å². The van der Waals surface area contributed by atoms with Crippen LogP contribution in [0.4, 0.5) is 24.0 Å². The molecule has 3 aromatic rings. The molecule has 0 bridgehead atoms. The van der Waals surface area contributed by atoms with Crippen molar-refractivity contribution in [2.75, 3.05) is 17.6 Å². The van der Waals surface area contributed by atoms with E-state index in [1.807, 2.05) is 30.3 Å². The number of nitrogens with zero attached hydrogens (tertiary/aromatic N) is 3. The number of aromatic nitrogens is 2. The summed E-state index contributed by atoms with van der Waals surface area (Å²) >= 11 is 2.26. The number of alkyl halides is 3. The molecule has 28 heavy (non-hydrogen) atoms. The molecular weight excluding hydrogens is 413 g/mol. The van der Waals surface area contributed by atoms with Crippen LogP contribution in [-0.2, 0) is 11.3 Å². The number of benzene rings is 1. The number of amides is 1. The highest BCUT2D eigenvalue weighted by atomic mass is 32.2. The highest BCUT2D eigenvalue weighted by Gasteiger charge is 2.33. The smallest absolute Gasteiger partial charge is 0.406 e. The summed E-state index contributed by atoms with van der Waals surface area (Å²) in [5, 5.41) is 11.5. The van der Waals surface area contributed by atoms with Gasteiger partial charge in [0.2, 0.25) is 11.0 Å². The third kappa shape index (κ3) is 6.27. The third-order valence-corrected chi connectivity index (χ3v) is 5.36. The fourth-order valence-electron chi connectivity index (χ4n) is 2.22. The molecule has 1 N–H and O–H groups in total. The summed E-state index contributed by atoms with van der Waals surface area (Å²) in [5.74, 6) is -0.559. The van der Waals surface area contributed by atoms with Gasteiger partial charge < -0.3 is 14.6 Å². The van der Waals surface area contributed by atoms with E-state index in [1.54, 1.807) is 6.07 Å². The monoisotopic (exact) mass is 428 g/mol. The fourth-order valence-corrected chi connectivity index (χ4v) is 3.89. The van der Waals surface area contributed by atoms with Crippen LogP contribution in [0.5, 0.6) is 0 Å². The second kappa shape index (κ2) is 9.11. The van der Waals surface area contributed by atoms with Crippen LogP contribution in [0.3, 0.4) is 0 Å². The molecule has 0 saturated heterocycles. The molecule has 0 aliphatic carbocycles. The van der Waals surface area contributed by atoms with Gasteiger partial charge in [0.05, 0.1) is 18.6 Å². The average molecular weight is 428 g/mol. The second-order valence-electron chi connectivity index (χ2n) is 5.60. The van der Waals surface area contributed by atoms with Gasteiger partial charge in [0.15, 0.2) is 4.34 Å². The third-order valence-electron chi connectivity index (χ3n) is 3.40. The maximum absolute atomic E-state index is 12.8. The molecule has 0 unspecified atom stereocenters. The van der Waals surface area contributed by atoms with Gasteiger partial charge in [-0.05, 0) is 24.3 Å². The molecule has 0 saturated carbocycles. The first-order valence-corrected chi connectivity index (χ1v) is 9.84. The summed E-state index contributed by atoms with van der Waals surface area (Å²) in [6.45, 7) is -1.59. The summed E-state index contributed by atoms with van der Waals surface area (Å²) in [6.07, 6.45) is -3.15. The number of hydrogen-bond donors (Lipinski definition) is 1. The van der Waals surface area contributed by atoms with E-state index in [2.05, 4.69) is 15.5 Å². The van der Waals surface area contributed by atoms with Crippen molar-refractivity contribution in [2.45, 2.75) is 17.1 Å². The van der Waals surface area contributed by atoms with Crippen LogP contribution in [0.25, 0.3) is 0 Å². The molecule has 0 atom stereocenters. The van der Waals surface area contributed by atoms with Crippen LogP contribution >= 0.6 is 23.1 Å². The van der Waals surface area contributed by atoms with E-state index in [0.29, 0.717) is 9.47 Å². The zero-order valence-electron chi connectivity index (χ0n) is 14.3. The van der Waals surface area contributed by atoms with Gasteiger partial charge >= 0.3 is 6.18 Å². The molecule has 2 aromatic heterocycles. The Labute approximate surface area is 166 Å². The topological polar surface area (TPSA) is 71.3 Å². The number of nitrogens with one attached hydrogen (secondary N) is 1. The molecule has 6 nitrogen and oxygen atoms in total. The highest BCUT2D eigenvalue weighted by Crippen LogP contribution is 2.28. The molecule has 0 aliphatic heterocycles. The molecule has 3 rings (SSSR count). The number of para-hydroxylation sites is 1. The molecule has 0 radical (unpaired) electrons. The van der Waals surface area contributed by atoms with E-state index in [9.17, 15) is 18.0 Å². The predicted octanol–water partition coefficient (Wildman–Crippen LogP) is 4.56. The molecule has 0 spiro atoms. The number of thioether (sulfide) groups is 1. The van der Waals surface area contributed by atoms with Crippen molar-refractivity contribution in [3.8, 4) is 0 Å². The van der Waals surface area contributed by atoms with Gasteiger partial charge in [-0.25, -0.2) is 0 Å². The van der Waals surface area contributed by atoms with Crippen molar-refractivity contribution < 1.29 is 22.4 Å². The fraction of sp³-hybridized carbons (Fsp3) is 0.235. The zero-order valence-corrected chi connectivity index (χ0v) is 16.0. The van der Waals surface area contributed by atoms with Crippen molar-refractivity contribution in [1.82, 2.24) is 15.1 Å². The van der Waals surface area contributed by atoms with Crippen molar-refractivity contribution in [2.24, 2.45) is 0 Å². The zero-order chi connectivity index (χ0) is 20.0. The van der Waals surface area contributed by atoms with Crippen molar-refractivity contribution in [1.29, 1.82) is 0 Å². The molecule has 0 aliphatic rings. The van der Waals surface area contributed by atoms with Crippen molar-refractivity contribution in [3.63, 3.8) is 0 Å². The van der Waals surface area contributed by atoms with Crippen molar-refractivity contribution >= 4 is 39.8 Å². The normalized spacial score (nSPS) is 11.4. The maximum atomic E-state index is 12.8. The SMILES string of the molecule is O=C(CSc1nnc(Nc2ccccc2)s1)N(Cc1ccco1)CC(F)(F)F. The van der Waals surface area contributed by atoms with Crippen molar-refractivity contribution in [3.05, 3.63) is 54.5 Å². The quantitative estimate of drug-likeness (QED) is 0.531. The summed E-state index contributed by atoms with van der Waals surface area (Å²) < 4.78 is 44.0. The van der Waals surface area contributed by atoms with Gasteiger partial charge in [-0.3, -0.25) is 4.79 Å². The van der Waals surface area contributed by atoms with E-state index in [1.165, 1.54) is 23.7 Å². The van der Waals surface area contributed by atoms with Crippen LogP contribution in [0.1, 0.15) is 5.76 Å². The summed E-state index contributed by atoms with van der Waals surface area (Å²) in [4.78, 5) is 13.0. The highest BCUT2D eigenvalue weighted by molar-refractivity contribution is 8.01. The Hall–Kier alpha value is -2.53. The average Bonchev–Trinajstić information content (AvgIpc) is 3.31. The summed E-state index contributed by atoms with van der Waals surface area (Å²) in [7, 11) is 0. The Kier molecular flexibility index (Phi) is 6.57. The van der Waals surface area contributed by atoms with Gasteiger partial charge in [-0.2, -0.15) is 13.2 Å². The second-order valence-corrected chi connectivity index (χ2v) is 7.80. The van der Waals surface area contributed by atoms with E-state index < -0.39 is 18.6 Å². The Morgan fingerprint density at radius 2 is 1.96 bits per heavy atom. The van der Waals surface area contributed by atoms with E-state index in [0.717, 1.165) is 22.3 Å². The van der Waals surface area contributed by atoms with Crippen LogP contribution in [0.2, 0.25) is 0 Å². The minimum atomic E-state index is -4.50. The molecule has 11 heteroatoms. The number of halogens is 3. The lowest BCUT2D eigenvalue weighted by molar-refractivity contribution is -0.161. The van der Waals surface area contributed by atoms with Crippen LogP contribution in [-0.4, -0.2) is 39.5 Å². The van der Waals surface area contributed by atoms with Crippen LogP contribution < -0.4 is 5.32 Å². The number of carbonyl (C=O) groups is 1. The van der Waals surface area contributed by atoms with Crippen LogP contribution in [0.15, 0.2) is 57.5 Å². The maximum Gasteiger partial charge on any atom is 0.406 e. The minimum Gasteiger partial charge on any atom is -0.467 e. The first kappa shape index (κ1) is 20.2. The number of anilines is 2. The van der Waals surface area contributed by atoms with E-state index in [-0.39, 0.29) is 18.1 Å². The van der Waals surface area contributed by atoms with Gasteiger partial charge in [-0.15, -0.1) is 10.2 Å². The molecule has 1 amide bonds. The Bertz CT molecular complexity index is 885. The number of hydrogen-bond acceptors (Lipinski definition) is 7. The van der Waals surface area contributed by atoms with Gasteiger partial charge in [0.25, 0.3) is 0 Å². The lowest BCUT2D eigenvalue weighted by atomic mass is 10.3. The van der Waals surface area contributed by atoms with Crippen LogP contribution in [0, 0.1) is 0 Å². The summed E-state index contributed by atoms with van der Waals surface area (Å²) in [5.41, 5.74) is 0.834. The lowest BCUT2D eigenvalue weighted by Crippen LogP contribution is -2.39. The lowest BCUT2D eigenvalue weighted by Gasteiger charge is -2.22. The van der Waals surface area contributed by atoms with E-state index in [4.69, 9.17) is 4.42 Å². The molecule has 148 valence electrons. The minimum absolute atomic E-state index is 0.184. The number of rotatable bonds is 8. The molecular formula is C17H15F3N4O2S2. The van der Waals surface area contributed by atoms with Gasteiger partial charge in [0.1, 0.15) is 12.3 Å². The largest absolute Gasteiger partial charge is 0.467 e. The number of furan rings is 1. The number of carbonyl (C=O) groups excluding carboxylic acids is 1. The van der Waals surface area contributed by atoms with Gasteiger partial charge in [0, 0.05) is 5.69 Å². The molecule has 0 fully saturated rings. The Morgan fingerprint density at radius 1 is 1.18 bits per heavy atom. The first-order chi connectivity index (χ1) is 13.4. The molecule has 1 aromatic carbocycles.